The predicted molar refractivity (Wildman–Crippen MR) is 103 cm³/mol. The van der Waals surface area contributed by atoms with Gasteiger partial charge in [-0.1, -0.05) is 70.8 Å². The molecule has 1 aromatic carbocycles. The highest BCUT2D eigenvalue weighted by Gasteiger charge is 2.04. The van der Waals surface area contributed by atoms with Crippen molar-refractivity contribution in [2.24, 2.45) is 0 Å². The number of aryl methyl sites for hydroxylation is 1. The number of phenols is 2. The molecule has 3 N–H and O–H groups in total. The van der Waals surface area contributed by atoms with E-state index in [0.717, 1.165) is 18.5 Å². The summed E-state index contributed by atoms with van der Waals surface area (Å²) in [6, 6.07) is 4.68. The molecule has 1 rings (SSSR count). The minimum Gasteiger partial charge on any atom is -0.504 e. The van der Waals surface area contributed by atoms with E-state index in [2.05, 4.69) is 12.2 Å². The monoisotopic (exact) mass is 349 g/mol. The van der Waals surface area contributed by atoms with Crippen LogP contribution in [0.3, 0.4) is 0 Å². The molecule has 0 fully saturated rings. The van der Waals surface area contributed by atoms with Gasteiger partial charge in [-0.05, 0) is 30.5 Å². The Hall–Kier alpha value is -1.71. The van der Waals surface area contributed by atoms with Gasteiger partial charge in [0.2, 0.25) is 5.91 Å². The van der Waals surface area contributed by atoms with Crippen molar-refractivity contribution in [3.8, 4) is 11.5 Å². The molecule has 0 heterocycles. The molecule has 0 bridgehead atoms. The first-order chi connectivity index (χ1) is 12.1. The third kappa shape index (κ3) is 10.7. The van der Waals surface area contributed by atoms with Gasteiger partial charge in [0.25, 0.3) is 0 Å². The zero-order chi connectivity index (χ0) is 18.3. The number of benzene rings is 1. The number of carbonyl (C=O) groups excluding carboxylic acids is 1. The fourth-order valence-electron chi connectivity index (χ4n) is 2.91. The van der Waals surface area contributed by atoms with Crippen LogP contribution in [0.4, 0.5) is 0 Å². The van der Waals surface area contributed by atoms with Crippen molar-refractivity contribution in [2.75, 3.05) is 6.54 Å². The molecule has 0 atom stereocenters. The highest BCUT2D eigenvalue weighted by atomic mass is 16.3. The summed E-state index contributed by atoms with van der Waals surface area (Å²) in [4.78, 5) is 11.8. The van der Waals surface area contributed by atoms with E-state index in [-0.39, 0.29) is 17.4 Å². The number of nitrogens with one attached hydrogen (secondary N) is 1. The minimum absolute atomic E-state index is 0.0449. The lowest BCUT2D eigenvalue weighted by Crippen LogP contribution is -2.24. The van der Waals surface area contributed by atoms with E-state index in [0.29, 0.717) is 12.8 Å². The number of unbranched alkanes of at least 4 members (excludes halogenated alkanes) is 9. The highest BCUT2D eigenvalue weighted by molar-refractivity contribution is 5.76. The van der Waals surface area contributed by atoms with Crippen molar-refractivity contribution in [3.05, 3.63) is 23.8 Å². The largest absolute Gasteiger partial charge is 0.504 e. The fourth-order valence-corrected chi connectivity index (χ4v) is 2.91. The predicted octanol–water partition coefficient (Wildman–Crippen LogP) is 5.07. The van der Waals surface area contributed by atoms with Gasteiger partial charge in [0.1, 0.15) is 0 Å². The van der Waals surface area contributed by atoms with E-state index in [1.54, 1.807) is 6.07 Å². The molecule has 4 nitrogen and oxygen atoms in total. The molecule has 0 unspecified atom stereocenters. The lowest BCUT2D eigenvalue weighted by Gasteiger charge is -2.06. The Bertz CT molecular complexity index is 488. The maximum Gasteiger partial charge on any atom is 0.220 e. The molecule has 142 valence electrons. The first-order valence-corrected chi connectivity index (χ1v) is 9.91. The van der Waals surface area contributed by atoms with Gasteiger partial charge >= 0.3 is 0 Å². The van der Waals surface area contributed by atoms with Crippen LogP contribution in [0.25, 0.3) is 0 Å². The van der Waals surface area contributed by atoms with Gasteiger partial charge in [0, 0.05) is 13.0 Å². The van der Waals surface area contributed by atoms with Gasteiger partial charge in [-0.15, -0.1) is 0 Å². The lowest BCUT2D eigenvalue weighted by molar-refractivity contribution is -0.121. The Morgan fingerprint density at radius 3 is 2.08 bits per heavy atom. The van der Waals surface area contributed by atoms with Crippen LogP contribution in [0.15, 0.2) is 18.2 Å². The first-order valence-electron chi connectivity index (χ1n) is 9.91. The van der Waals surface area contributed by atoms with Gasteiger partial charge in [0.05, 0.1) is 0 Å². The van der Waals surface area contributed by atoms with Crippen molar-refractivity contribution in [1.29, 1.82) is 0 Å². The molecule has 0 aliphatic carbocycles. The summed E-state index contributed by atoms with van der Waals surface area (Å²) in [5, 5.41) is 21.6. The van der Waals surface area contributed by atoms with E-state index < -0.39 is 0 Å². The molecule has 0 aromatic heterocycles. The zero-order valence-electron chi connectivity index (χ0n) is 15.7. The Morgan fingerprint density at radius 1 is 0.880 bits per heavy atom. The summed E-state index contributed by atoms with van der Waals surface area (Å²) in [5.74, 6) is -0.221. The van der Waals surface area contributed by atoms with Crippen molar-refractivity contribution in [1.82, 2.24) is 5.32 Å². The van der Waals surface area contributed by atoms with Crippen LogP contribution in [-0.4, -0.2) is 22.7 Å². The molecule has 25 heavy (non-hydrogen) atoms. The zero-order valence-corrected chi connectivity index (χ0v) is 15.7. The summed E-state index contributed by atoms with van der Waals surface area (Å²) in [7, 11) is 0. The van der Waals surface area contributed by atoms with Gasteiger partial charge in [-0.3, -0.25) is 4.79 Å². The maximum absolute atomic E-state index is 11.8. The molecule has 1 aromatic rings. The number of hydrogen-bond acceptors (Lipinski definition) is 3. The summed E-state index contributed by atoms with van der Waals surface area (Å²) >= 11 is 0. The molecular formula is C21H35NO3. The second kappa shape index (κ2) is 13.6. The molecule has 4 heteroatoms. The Morgan fingerprint density at radius 2 is 1.48 bits per heavy atom. The molecule has 0 spiro atoms. The summed E-state index contributed by atoms with van der Waals surface area (Å²) in [6.07, 6.45) is 13.9. The molecule has 0 aliphatic rings. The summed E-state index contributed by atoms with van der Waals surface area (Å²) in [6.45, 7) is 2.99. The van der Waals surface area contributed by atoms with Gasteiger partial charge in [-0.2, -0.15) is 0 Å². The lowest BCUT2D eigenvalue weighted by atomic mass is 10.1. The topological polar surface area (TPSA) is 69.6 Å². The third-order valence-electron chi connectivity index (χ3n) is 4.53. The number of amides is 1. The Balaban J connectivity index is 1.94. The molecule has 0 aliphatic heterocycles. The number of aromatic hydroxyl groups is 2. The average molecular weight is 350 g/mol. The normalized spacial score (nSPS) is 10.8. The van der Waals surface area contributed by atoms with Crippen LogP contribution in [0.1, 0.15) is 83.1 Å². The van der Waals surface area contributed by atoms with Gasteiger partial charge in [-0.25, -0.2) is 0 Å². The second-order valence-corrected chi connectivity index (χ2v) is 6.86. The van der Waals surface area contributed by atoms with Crippen LogP contribution in [0.5, 0.6) is 11.5 Å². The third-order valence-corrected chi connectivity index (χ3v) is 4.53. The minimum atomic E-state index is -0.136. The van der Waals surface area contributed by atoms with Crippen LogP contribution in [0, 0.1) is 0 Å². The summed E-state index contributed by atoms with van der Waals surface area (Å²) < 4.78 is 0. The van der Waals surface area contributed by atoms with Gasteiger partial charge in [0.15, 0.2) is 11.5 Å². The quantitative estimate of drug-likeness (QED) is 0.324. The fraction of sp³-hybridized carbons (Fsp3) is 0.667. The molecule has 0 saturated carbocycles. The van der Waals surface area contributed by atoms with Crippen molar-refractivity contribution in [3.63, 3.8) is 0 Å². The smallest absolute Gasteiger partial charge is 0.220 e. The summed E-state index contributed by atoms with van der Waals surface area (Å²) in [5.41, 5.74) is 0.851. The van der Waals surface area contributed by atoms with E-state index in [1.165, 1.54) is 69.9 Å². The van der Waals surface area contributed by atoms with Crippen LogP contribution >= 0.6 is 0 Å². The van der Waals surface area contributed by atoms with Gasteiger partial charge < -0.3 is 15.5 Å². The molecule has 0 radical (unpaired) electrons. The number of phenolic OH excluding ortho intramolecular Hbond substituents is 2. The second-order valence-electron chi connectivity index (χ2n) is 6.86. The van der Waals surface area contributed by atoms with Crippen molar-refractivity contribution < 1.29 is 15.0 Å². The molecule has 1 amide bonds. The SMILES string of the molecule is CCCCCCCCCCCCNC(=O)CCc1ccc(O)c(O)c1. The number of rotatable bonds is 14. The van der Waals surface area contributed by atoms with Crippen molar-refractivity contribution >= 4 is 5.91 Å². The van der Waals surface area contributed by atoms with Crippen LogP contribution in [0.2, 0.25) is 0 Å². The average Bonchev–Trinajstić information content (AvgIpc) is 2.60. The van der Waals surface area contributed by atoms with E-state index in [4.69, 9.17) is 0 Å². The van der Waals surface area contributed by atoms with E-state index in [9.17, 15) is 15.0 Å². The van der Waals surface area contributed by atoms with Crippen molar-refractivity contribution in [2.45, 2.75) is 84.0 Å². The molecule has 0 saturated heterocycles. The molecular weight excluding hydrogens is 314 g/mol. The Kier molecular flexibility index (Phi) is 11.6. The van der Waals surface area contributed by atoms with E-state index >= 15 is 0 Å². The van der Waals surface area contributed by atoms with Crippen LogP contribution < -0.4 is 5.32 Å². The standard InChI is InChI=1S/C21H35NO3/c1-2-3-4-5-6-7-8-9-10-11-16-22-21(25)15-13-18-12-14-19(23)20(24)17-18/h12,14,17,23-24H,2-11,13,15-16H2,1H3,(H,22,25). The van der Waals surface area contributed by atoms with E-state index in [1.807, 2.05) is 0 Å². The number of hydrogen-bond donors (Lipinski definition) is 3. The Labute approximate surface area is 152 Å². The highest BCUT2D eigenvalue weighted by Crippen LogP contribution is 2.25. The first kappa shape index (κ1) is 21.3. The maximum atomic E-state index is 11.8. The number of carbonyl (C=O) groups is 1. The van der Waals surface area contributed by atoms with Crippen LogP contribution in [-0.2, 0) is 11.2 Å².